The molecule has 0 amide bonds. The van der Waals surface area contributed by atoms with E-state index in [9.17, 15) is 0 Å². The minimum atomic E-state index is 0.493. The molecule has 1 aromatic carbocycles. The van der Waals surface area contributed by atoms with Gasteiger partial charge in [-0.1, -0.05) is 6.07 Å². The van der Waals surface area contributed by atoms with Gasteiger partial charge in [0.15, 0.2) is 11.3 Å². The van der Waals surface area contributed by atoms with Crippen LogP contribution < -0.4 is 5.73 Å². The van der Waals surface area contributed by atoms with Crippen LogP contribution in [0.4, 0.5) is 0 Å². The lowest BCUT2D eigenvalue weighted by molar-refractivity contribution is 0.535. The fourth-order valence-electron chi connectivity index (χ4n) is 1.60. The van der Waals surface area contributed by atoms with Crippen molar-refractivity contribution in [3.8, 4) is 11.7 Å². The van der Waals surface area contributed by atoms with E-state index >= 15 is 0 Å². The number of rotatable bonds is 2. The Hall–Kier alpha value is -2.07. The van der Waals surface area contributed by atoms with Crippen LogP contribution in [0.15, 0.2) is 45.4 Å². The van der Waals surface area contributed by atoms with Crippen molar-refractivity contribution in [3.05, 3.63) is 42.2 Å². The zero-order chi connectivity index (χ0) is 11.0. The number of furan rings is 1. The Balaban J connectivity index is 2.16. The summed E-state index contributed by atoms with van der Waals surface area (Å²) < 4.78 is 10.8. The van der Waals surface area contributed by atoms with Gasteiger partial charge in [-0.2, -0.15) is 0 Å². The molecule has 80 valence electrons. The Morgan fingerprint density at radius 2 is 2.19 bits per heavy atom. The average Bonchev–Trinajstić information content (AvgIpc) is 2.96. The number of fused-ring (bicyclic) bond motifs is 1. The highest BCUT2D eigenvalue weighted by Gasteiger charge is 2.10. The zero-order valence-electron chi connectivity index (χ0n) is 8.51. The predicted molar refractivity (Wildman–Crippen MR) is 59.6 cm³/mol. The van der Waals surface area contributed by atoms with Crippen molar-refractivity contribution in [3.63, 3.8) is 0 Å². The molecule has 0 fully saturated rings. The SMILES string of the molecule is NCc1ccc2nc(-c3ccco3)oc2c1. The van der Waals surface area contributed by atoms with Crippen LogP contribution in [-0.2, 0) is 6.54 Å². The van der Waals surface area contributed by atoms with E-state index in [0.717, 1.165) is 16.7 Å². The van der Waals surface area contributed by atoms with E-state index in [-0.39, 0.29) is 0 Å². The Morgan fingerprint density at radius 3 is 2.94 bits per heavy atom. The van der Waals surface area contributed by atoms with E-state index in [1.807, 2.05) is 24.3 Å². The van der Waals surface area contributed by atoms with Gasteiger partial charge in [-0.3, -0.25) is 0 Å². The first-order valence-corrected chi connectivity index (χ1v) is 5.00. The second kappa shape index (κ2) is 3.50. The molecule has 3 rings (SSSR count). The van der Waals surface area contributed by atoms with Gasteiger partial charge in [0.2, 0.25) is 0 Å². The highest BCUT2D eigenvalue weighted by Crippen LogP contribution is 2.24. The van der Waals surface area contributed by atoms with Gasteiger partial charge in [0, 0.05) is 6.54 Å². The molecule has 0 radical (unpaired) electrons. The van der Waals surface area contributed by atoms with Gasteiger partial charge in [-0.05, 0) is 29.8 Å². The lowest BCUT2D eigenvalue weighted by atomic mass is 10.2. The lowest BCUT2D eigenvalue weighted by Crippen LogP contribution is -1.94. The maximum Gasteiger partial charge on any atom is 0.263 e. The summed E-state index contributed by atoms with van der Waals surface area (Å²) in [6.07, 6.45) is 1.59. The number of aromatic nitrogens is 1. The topological polar surface area (TPSA) is 65.2 Å². The molecular weight excluding hydrogens is 204 g/mol. The first kappa shape index (κ1) is 9.18. The fraction of sp³-hybridized carbons (Fsp3) is 0.0833. The van der Waals surface area contributed by atoms with E-state index in [0.29, 0.717) is 18.2 Å². The van der Waals surface area contributed by atoms with Crippen LogP contribution in [0.2, 0.25) is 0 Å². The van der Waals surface area contributed by atoms with Crippen LogP contribution in [0.3, 0.4) is 0 Å². The van der Waals surface area contributed by atoms with Crippen LogP contribution in [0.25, 0.3) is 22.8 Å². The Labute approximate surface area is 91.7 Å². The van der Waals surface area contributed by atoms with Crippen molar-refractivity contribution >= 4 is 11.1 Å². The summed E-state index contributed by atoms with van der Waals surface area (Å²) in [4.78, 5) is 4.33. The van der Waals surface area contributed by atoms with E-state index in [1.165, 1.54) is 0 Å². The molecule has 0 saturated heterocycles. The largest absolute Gasteiger partial charge is 0.459 e. The summed E-state index contributed by atoms with van der Waals surface area (Å²) in [7, 11) is 0. The molecule has 0 unspecified atom stereocenters. The van der Waals surface area contributed by atoms with E-state index in [2.05, 4.69) is 4.98 Å². The number of hydrogen-bond acceptors (Lipinski definition) is 4. The molecule has 0 aliphatic heterocycles. The molecule has 0 atom stereocenters. The van der Waals surface area contributed by atoms with Gasteiger partial charge in [0.25, 0.3) is 5.89 Å². The average molecular weight is 214 g/mol. The normalized spacial score (nSPS) is 11.1. The number of benzene rings is 1. The van der Waals surface area contributed by atoms with E-state index in [1.54, 1.807) is 12.3 Å². The van der Waals surface area contributed by atoms with Gasteiger partial charge in [-0.25, -0.2) is 4.98 Å². The molecule has 0 saturated carbocycles. The van der Waals surface area contributed by atoms with Gasteiger partial charge in [0.1, 0.15) is 5.52 Å². The van der Waals surface area contributed by atoms with Crippen LogP contribution in [-0.4, -0.2) is 4.98 Å². The molecule has 2 heterocycles. The zero-order valence-corrected chi connectivity index (χ0v) is 8.51. The standard InChI is InChI=1S/C12H10N2O2/c13-7-8-3-4-9-11(6-8)16-12(14-9)10-2-1-5-15-10/h1-6H,7,13H2. The third kappa shape index (κ3) is 1.40. The van der Waals surface area contributed by atoms with Gasteiger partial charge >= 0.3 is 0 Å². The van der Waals surface area contributed by atoms with Crippen molar-refractivity contribution in [2.45, 2.75) is 6.54 Å². The van der Waals surface area contributed by atoms with E-state index < -0.39 is 0 Å². The number of oxazole rings is 1. The highest BCUT2D eigenvalue weighted by atomic mass is 16.4. The molecule has 0 aliphatic rings. The van der Waals surface area contributed by atoms with E-state index in [4.69, 9.17) is 14.6 Å². The Morgan fingerprint density at radius 1 is 1.25 bits per heavy atom. The fourth-order valence-corrected chi connectivity index (χ4v) is 1.60. The molecule has 4 nitrogen and oxygen atoms in total. The Kier molecular flexibility index (Phi) is 2.01. The van der Waals surface area contributed by atoms with Gasteiger partial charge in [0.05, 0.1) is 6.26 Å². The van der Waals surface area contributed by atoms with Gasteiger partial charge < -0.3 is 14.6 Å². The first-order valence-electron chi connectivity index (χ1n) is 5.00. The number of hydrogen-bond donors (Lipinski definition) is 1. The summed E-state index contributed by atoms with van der Waals surface area (Å²) >= 11 is 0. The van der Waals surface area contributed by atoms with Crippen molar-refractivity contribution in [1.29, 1.82) is 0 Å². The third-order valence-electron chi connectivity index (χ3n) is 2.42. The molecule has 0 aliphatic carbocycles. The molecule has 4 heteroatoms. The van der Waals surface area contributed by atoms with Crippen LogP contribution >= 0.6 is 0 Å². The molecule has 0 bridgehead atoms. The lowest BCUT2D eigenvalue weighted by Gasteiger charge is -1.92. The Bertz CT molecular complexity index is 611. The second-order valence-electron chi connectivity index (χ2n) is 3.50. The smallest absolute Gasteiger partial charge is 0.263 e. The molecular formula is C12H10N2O2. The quantitative estimate of drug-likeness (QED) is 0.711. The van der Waals surface area contributed by atoms with Crippen LogP contribution in [0.5, 0.6) is 0 Å². The predicted octanol–water partition coefficient (Wildman–Crippen LogP) is 2.55. The van der Waals surface area contributed by atoms with Crippen molar-refractivity contribution in [2.75, 3.05) is 0 Å². The van der Waals surface area contributed by atoms with Gasteiger partial charge in [-0.15, -0.1) is 0 Å². The molecule has 2 N–H and O–H groups in total. The van der Waals surface area contributed by atoms with Crippen LogP contribution in [0, 0.1) is 0 Å². The summed E-state index contributed by atoms with van der Waals surface area (Å²) in [5.74, 6) is 1.12. The number of nitrogens with two attached hydrogens (primary N) is 1. The first-order chi connectivity index (χ1) is 7.86. The molecule has 3 aromatic rings. The molecule has 16 heavy (non-hydrogen) atoms. The molecule has 2 aromatic heterocycles. The minimum Gasteiger partial charge on any atom is -0.459 e. The van der Waals surface area contributed by atoms with Crippen LogP contribution in [0.1, 0.15) is 5.56 Å². The van der Waals surface area contributed by atoms with Crippen molar-refractivity contribution in [1.82, 2.24) is 4.98 Å². The summed E-state index contributed by atoms with van der Waals surface area (Å²) in [5, 5.41) is 0. The maximum atomic E-state index is 5.59. The second-order valence-corrected chi connectivity index (χ2v) is 3.50. The summed E-state index contributed by atoms with van der Waals surface area (Å²) in [5.41, 5.74) is 8.12. The molecule has 0 spiro atoms. The maximum absolute atomic E-state index is 5.59. The number of nitrogens with zero attached hydrogens (tertiary/aromatic N) is 1. The minimum absolute atomic E-state index is 0.493. The monoisotopic (exact) mass is 214 g/mol. The summed E-state index contributed by atoms with van der Waals surface area (Å²) in [6.45, 7) is 0.493. The summed E-state index contributed by atoms with van der Waals surface area (Å²) in [6, 6.07) is 9.35. The van der Waals surface area contributed by atoms with Crippen molar-refractivity contribution < 1.29 is 8.83 Å². The highest BCUT2D eigenvalue weighted by molar-refractivity contribution is 5.76. The van der Waals surface area contributed by atoms with Crippen molar-refractivity contribution in [2.24, 2.45) is 5.73 Å². The third-order valence-corrected chi connectivity index (χ3v) is 2.42.